The van der Waals surface area contributed by atoms with Crippen LogP contribution in [0.25, 0.3) is 0 Å². The molecule has 0 aliphatic rings. The van der Waals surface area contributed by atoms with Crippen molar-refractivity contribution >= 4 is 31.9 Å². The number of halogens is 2. The van der Waals surface area contributed by atoms with E-state index in [0.717, 1.165) is 11.3 Å². The van der Waals surface area contributed by atoms with Gasteiger partial charge in [-0.2, -0.15) is 0 Å². The molecule has 0 heterocycles. The summed E-state index contributed by atoms with van der Waals surface area (Å²) in [7, 11) is 0. The van der Waals surface area contributed by atoms with Crippen molar-refractivity contribution < 1.29 is 9.47 Å². The van der Waals surface area contributed by atoms with Gasteiger partial charge in [-0.3, -0.25) is 0 Å². The number of ether oxygens (including phenoxy) is 2. The molecule has 0 radical (unpaired) electrons. The number of hydrogen-bond donors (Lipinski definition) is 0. The Kier molecular flexibility index (Phi) is 6.55. The second kappa shape index (κ2) is 7.69. The number of rotatable bonds is 7. The van der Waals surface area contributed by atoms with Crippen LogP contribution < -0.4 is 4.74 Å². The molecule has 0 saturated heterocycles. The molecular weight excluding hydrogens is 348 g/mol. The van der Waals surface area contributed by atoms with Gasteiger partial charge in [0.15, 0.2) is 6.79 Å². The van der Waals surface area contributed by atoms with Crippen LogP contribution in [0.1, 0.15) is 10.4 Å². The van der Waals surface area contributed by atoms with Crippen LogP contribution in [-0.2, 0) is 4.74 Å². The molecule has 0 aromatic heterocycles. The van der Waals surface area contributed by atoms with Crippen molar-refractivity contribution in [2.75, 3.05) is 6.79 Å². The first-order valence-corrected chi connectivity index (χ1v) is 6.88. The van der Waals surface area contributed by atoms with E-state index in [1.54, 1.807) is 6.08 Å². The standard InChI is InChI=1S/C13H14Br2O2/c1-3-12(14)10-6-5-7-11(8-10)16-9-17-13(15)4-2/h3-8,12-13H,1-2,9H2. The van der Waals surface area contributed by atoms with Gasteiger partial charge in [0.25, 0.3) is 0 Å². The molecule has 0 saturated carbocycles. The van der Waals surface area contributed by atoms with E-state index < -0.39 is 0 Å². The summed E-state index contributed by atoms with van der Waals surface area (Å²) in [5.41, 5.74) is 1.09. The Morgan fingerprint density at radius 1 is 1.24 bits per heavy atom. The fourth-order valence-corrected chi connectivity index (χ4v) is 1.54. The average Bonchev–Trinajstić information content (AvgIpc) is 2.38. The SMILES string of the molecule is C=CC(Br)OCOc1cccc(C(Br)C=C)c1. The maximum absolute atomic E-state index is 5.46. The molecule has 0 spiro atoms. The highest BCUT2D eigenvalue weighted by Gasteiger charge is 2.04. The summed E-state index contributed by atoms with van der Waals surface area (Å²) in [4.78, 5) is 0.129. The summed E-state index contributed by atoms with van der Waals surface area (Å²) in [6.45, 7) is 7.50. The van der Waals surface area contributed by atoms with Crippen LogP contribution in [-0.4, -0.2) is 11.8 Å². The highest BCUT2D eigenvalue weighted by molar-refractivity contribution is 9.09. The van der Waals surface area contributed by atoms with E-state index in [-0.39, 0.29) is 16.6 Å². The van der Waals surface area contributed by atoms with Gasteiger partial charge in [-0.25, -0.2) is 0 Å². The molecule has 1 aromatic rings. The molecule has 2 nitrogen and oxygen atoms in total. The quantitative estimate of drug-likeness (QED) is 0.402. The third-order valence-corrected chi connectivity index (χ3v) is 3.56. The summed E-state index contributed by atoms with van der Waals surface area (Å²) in [6, 6.07) is 7.77. The third-order valence-electron chi connectivity index (χ3n) is 2.02. The highest BCUT2D eigenvalue weighted by Crippen LogP contribution is 2.26. The lowest BCUT2D eigenvalue weighted by Crippen LogP contribution is -2.07. The zero-order chi connectivity index (χ0) is 12.7. The van der Waals surface area contributed by atoms with Crippen molar-refractivity contribution in [3.05, 3.63) is 55.1 Å². The monoisotopic (exact) mass is 360 g/mol. The Morgan fingerprint density at radius 3 is 2.65 bits per heavy atom. The first-order valence-electron chi connectivity index (χ1n) is 5.05. The predicted octanol–water partition coefficient (Wildman–Crippen LogP) is 4.57. The summed E-state index contributed by atoms with van der Waals surface area (Å²) < 4.78 is 10.7. The average molecular weight is 362 g/mol. The molecule has 0 bridgehead atoms. The lowest BCUT2D eigenvalue weighted by molar-refractivity contribution is 0.0198. The molecule has 0 amide bonds. The molecule has 0 N–H and O–H groups in total. The highest BCUT2D eigenvalue weighted by atomic mass is 79.9. The van der Waals surface area contributed by atoms with E-state index in [1.165, 1.54) is 0 Å². The molecule has 4 heteroatoms. The van der Waals surface area contributed by atoms with E-state index in [4.69, 9.17) is 9.47 Å². The largest absolute Gasteiger partial charge is 0.467 e. The van der Waals surface area contributed by atoms with Crippen molar-refractivity contribution in [3.8, 4) is 5.75 Å². The molecular formula is C13H14Br2O2. The minimum Gasteiger partial charge on any atom is -0.467 e. The summed E-state index contributed by atoms with van der Waals surface area (Å²) in [5.74, 6) is 0.762. The van der Waals surface area contributed by atoms with Crippen LogP contribution in [0.2, 0.25) is 0 Å². The number of hydrogen-bond acceptors (Lipinski definition) is 2. The molecule has 2 unspecified atom stereocenters. The number of allylic oxidation sites excluding steroid dienone is 1. The van der Waals surface area contributed by atoms with Crippen molar-refractivity contribution in [2.24, 2.45) is 0 Å². The molecule has 92 valence electrons. The lowest BCUT2D eigenvalue weighted by Gasteiger charge is -2.11. The normalized spacial score (nSPS) is 13.8. The lowest BCUT2D eigenvalue weighted by atomic mass is 10.1. The zero-order valence-electron chi connectivity index (χ0n) is 9.31. The first kappa shape index (κ1) is 14.5. The fourth-order valence-electron chi connectivity index (χ4n) is 1.15. The van der Waals surface area contributed by atoms with Gasteiger partial charge in [-0.15, -0.1) is 6.58 Å². The maximum atomic E-state index is 5.46. The molecule has 0 fully saturated rings. The van der Waals surface area contributed by atoms with Crippen molar-refractivity contribution in [3.63, 3.8) is 0 Å². The van der Waals surface area contributed by atoms with Crippen molar-refractivity contribution in [1.29, 1.82) is 0 Å². The van der Waals surface area contributed by atoms with Gasteiger partial charge in [0.1, 0.15) is 10.8 Å². The van der Waals surface area contributed by atoms with Gasteiger partial charge < -0.3 is 9.47 Å². The molecule has 17 heavy (non-hydrogen) atoms. The van der Waals surface area contributed by atoms with E-state index >= 15 is 0 Å². The Labute approximate surface area is 119 Å². The topological polar surface area (TPSA) is 18.5 Å². The second-order valence-electron chi connectivity index (χ2n) is 3.23. The van der Waals surface area contributed by atoms with E-state index in [9.17, 15) is 0 Å². The van der Waals surface area contributed by atoms with Crippen LogP contribution in [0.4, 0.5) is 0 Å². The van der Waals surface area contributed by atoms with Crippen molar-refractivity contribution in [2.45, 2.75) is 9.84 Å². The Balaban J connectivity index is 2.54. The van der Waals surface area contributed by atoms with Gasteiger partial charge in [0.05, 0.1) is 4.83 Å². The number of benzene rings is 1. The first-order chi connectivity index (χ1) is 8.17. The van der Waals surface area contributed by atoms with Gasteiger partial charge in [0.2, 0.25) is 0 Å². The maximum Gasteiger partial charge on any atom is 0.190 e. The fraction of sp³-hybridized carbons (Fsp3) is 0.231. The van der Waals surface area contributed by atoms with E-state index in [0.29, 0.717) is 0 Å². The molecule has 1 aromatic carbocycles. The Hall–Kier alpha value is -0.580. The summed E-state index contributed by atoms with van der Waals surface area (Å²) in [6.07, 6.45) is 3.47. The van der Waals surface area contributed by atoms with Gasteiger partial charge in [-0.05, 0) is 17.7 Å². The molecule has 1 rings (SSSR count). The van der Waals surface area contributed by atoms with E-state index in [2.05, 4.69) is 45.0 Å². The summed E-state index contributed by atoms with van der Waals surface area (Å²) >= 11 is 6.75. The minimum atomic E-state index is -0.192. The van der Waals surface area contributed by atoms with Gasteiger partial charge in [0, 0.05) is 0 Å². The number of alkyl halides is 2. The van der Waals surface area contributed by atoms with E-state index in [1.807, 2.05) is 30.3 Å². The van der Waals surface area contributed by atoms with Gasteiger partial charge >= 0.3 is 0 Å². The minimum absolute atomic E-state index is 0.129. The van der Waals surface area contributed by atoms with Crippen molar-refractivity contribution in [1.82, 2.24) is 0 Å². The van der Waals surface area contributed by atoms with Gasteiger partial charge in [-0.1, -0.05) is 62.7 Å². The Morgan fingerprint density at radius 2 is 2.00 bits per heavy atom. The van der Waals surface area contributed by atoms with Crippen LogP contribution in [0.3, 0.4) is 0 Å². The predicted molar refractivity (Wildman–Crippen MR) is 77.8 cm³/mol. The van der Waals surface area contributed by atoms with Crippen LogP contribution in [0.15, 0.2) is 49.6 Å². The van der Waals surface area contributed by atoms with Crippen LogP contribution in [0.5, 0.6) is 5.75 Å². The zero-order valence-corrected chi connectivity index (χ0v) is 12.5. The molecule has 2 atom stereocenters. The molecule has 0 aliphatic heterocycles. The summed E-state index contributed by atoms with van der Waals surface area (Å²) in [5, 5.41) is -0.192. The smallest absolute Gasteiger partial charge is 0.190 e. The van der Waals surface area contributed by atoms with Crippen LogP contribution >= 0.6 is 31.9 Å². The second-order valence-corrected chi connectivity index (χ2v) is 5.11. The van der Waals surface area contributed by atoms with Crippen LogP contribution in [0, 0.1) is 0 Å². The third kappa shape index (κ3) is 5.06. The Bertz CT molecular complexity index is 379. The molecule has 0 aliphatic carbocycles.